The zero-order valence-electron chi connectivity index (χ0n) is 36.2. The summed E-state index contributed by atoms with van der Waals surface area (Å²) in [6.07, 6.45) is 11.1. The van der Waals surface area contributed by atoms with Gasteiger partial charge in [0, 0.05) is 63.7 Å². The van der Waals surface area contributed by atoms with E-state index in [-0.39, 0.29) is 23.8 Å². The van der Waals surface area contributed by atoms with E-state index in [1.54, 1.807) is 15.6 Å². The number of ketones is 1. The molecule has 2 aromatic heterocycles. The van der Waals surface area contributed by atoms with Crippen LogP contribution < -0.4 is 21.7 Å². The summed E-state index contributed by atoms with van der Waals surface area (Å²) in [5.74, 6) is 0.510. The smallest absolute Gasteiger partial charge is 0.410 e. The Balaban J connectivity index is 1.25. The molecule has 0 unspecified atom stereocenters. The SMILES string of the molecule is CC(C)(C)OC(=O)N(CCCN(C(=O)OC(C)(C)C)C1CCCCC1)CCCn1cc(CNc2nc(N)cc(N3CCC(C(=O)CCCC[C@H](N)C(=O)O)CC3)n2)nn1. The number of aromatic nitrogens is 5. The largest absolute Gasteiger partial charge is 0.480 e. The number of carboxylic acid groups (broad SMARTS) is 1. The Hall–Kier alpha value is -4.74. The van der Waals surface area contributed by atoms with Crippen molar-refractivity contribution >= 4 is 41.5 Å². The van der Waals surface area contributed by atoms with Crippen molar-refractivity contribution in [2.45, 2.75) is 161 Å². The molecule has 18 heteroatoms. The lowest BCUT2D eigenvalue weighted by molar-refractivity contribution is -0.138. The van der Waals surface area contributed by atoms with E-state index in [9.17, 15) is 19.2 Å². The van der Waals surface area contributed by atoms with Crippen LogP contribution in [0.1, 0.15) is 131 Å². The van der Waals surface area contributed by atoms with Gasteiger partial charge in [-0.25, -0.2) is 9.59 Å². The lowest BCUT2D eigenvalue weighted by Crippen LogP contribution is -2.46. The Bertz CT molecular complexity index is 1660. The van der Waals surface area contributed by atoms with Gasteiger partial charge in [-0.2, -0.15) is 9.97 Å². The van der Waals surface area contributed by atoms with Gasteiger partial charge in [0.2, 0.25) is 5.95 Å². The second kappa shape index (κ2) is 22.0. The number of rotatable bonds is 20. The maximum Gasteiger partial charge on any atom is 0.410 e. The number of nitrogens with one attached hydrogen (secondary N) is 1. The standard InChI is InChI=1S/C41H69N11O7/c1-40(2,3)58-38(56)50(21-13-23-52(31-14-8-7-9-15-31)39(57)59-41(4,5)6)20-12-22-51-28-30(47-48-51)27-44-37-45-34(43)26-35(46-37)49-24-18-29(19-25-49)33(53)17-11-10-16-32(42)36(54)55/h26,28-29,31-32H,7-25,27,42H2,1-6H3,(H,54,55)(H3,43,44,45,46)/t32-/m0/s1. The molecule has 59 heavy (non-hydrogen) atoms. The summed E-state index contributed by atoms with van der Waals surface area (Å²) in [4.78, 5) is 64.9. The molecule has 2 aliphatic rings. The summed E-state index contributed by atoms with van der Waals surface area (Å²) in [7, 11) is 0. The van der Waals surface area contributed by atoms with Crippen molar-refractivity contribution in [1.29, 1.82) is 0 Å². The number of hydrogen-bond acceptors (Lipinski definition) is 14. The summed E-state index contributed by atoms with van der Waals surface area (Å²) < 4.78 is 13.3. The van der Waals surface area contributed by atoms with Crippen LogP contribution >= 0.6 is 0 Å². The van der Waals surface area contributed by atoms with Crippen molar-refractivity contribution in [2.75, 3.05) is 48.7 Å². The molecule has 18 nitrogen and oxygen atoms in total. The molecule has 330 valence electrons. The number of amides is 2. The highest BCUT2D eigenvalue weighted by Crippen LogP contribution is 2.27. The zero-order valence-corrected chi connectivity index (χ0v) is 36.2. The number of carbonyl (C=O) groups excluding carboxylic acids is 3. The maximum absolute atomic E-state index is 13.3. The van der Waals surface area contributed by atoms with E-state index >= 15 is 0 Å². The van der Waals surface area contributed by atoms with Crippen LogP contribution in [0.5, 0.6) is 0 Å². The normalized spacial score (nSPS) is 16.0. The van der Waals surface area contributed by atoms with E-state index in [4.69, 9.17) is 26.0 Å². The second-order valence-corrected chi connectivity index (χ2v) is 17.9. The fourth-order valence-corrected chi connectivity index (χ4v) is 7.43. The predicted octanol–water partition coefficient (Wildman–Crippen LogP) is 5.61. The number of carbonyl (C=O) groups is 4. The summed E-state index contributed by atoms with van der Waals surface area (Å²) in [6, 6.07) is 0.980. The number of Topliss-reactive ketones (excluding diaryl/α,β-unsaturated/α-hetero) is 1. The number of ether oxygens (including phenoxy) is 2. The molecule has 1 aliphatic heterocycles. The average Bonchev–Trinajstić information content (AvgIpc) is 3.62. The number of anilines is 3. The number of nitrogens with two attached hydrogens (primary N) is 2. The molecular formula is C41H69N11O7. The lowest BCUT2D eigenvalue weighted by atomic mass is 9.89. The minimum Gasteiger partial charge on any atom is -0.480 e. The third-order valence-corrected chi connectivity index (χ3v) is 10.5. The summed E-state index contributed by atoms with van der Waals surface area (Å²) in [5, 5.41) is 20.7. The van der Waals surface area contributed by atoms with Crippen molar-refractivity contribution in [2.24, 2.45) is 11.7 Å². The van der Waals surface area contributed by atoms with Gasteiger partial charge in [0.1, 0.15) is 40.4 Å². The van der Waals surface area contributed by atoms with Crippen LogP contribution in [-0.2, 0) is 32.2 Å². The average molecular weight is 828 g/mol. The molecule has 0 bridgehead atoms. The first-order chi connectivity index (χ1) is 27.9. The van der Waals surface area contributed by atoms with Crippen molar-refractivity contribution in [3.8, 4) is 0 Å². The molecule has 4 rings (SSSR count). The minimum absolute atomic E-state index is 0.0353. The number of aryl methyl sites for hydroxylation is 1. The first-order valence-corrected chi connectivity index (χ1v) is 21.4. The molecule has 2 amide bonds. The number of unbranched alkanes of at least 4 members (excludes halogenated alkanes) is 1. The second-order valence-electron chi connectivity index (χ2n) is 17.9. The highest BCUT2D eigenvalue weighted by atomic mass is 16.6. The zero-order chi connectivity index (χ0) is 43.2. The van der Waals surface area contributed by atoms with E-state index in [2.05, 4.69) is 30.5 Å². The molecule has 0 radical (unpaired) electrons. The van der Waals surface area contributed by atoms with Crippen LogP contribution in [0.3, 0.4) is 0 Å². The van der Waals surface area contributed by atoms with E-state index in [0.717, 1.165) is 25.7 Å². The van der Waals surface area contributed by atoms with E-state index in [0.29, 0.717) is 120 Å². The van der Waals surface area contributed by atoms with E-state index < -0.39 is 29.3 Å². The fraction of sp³-hybridized carbons (Fsp3) is 0.756. The van der Waals surface area contributed by atoms with E-state index in [1.165, 1.54) is 6.42 Å². The summed E-state index contributed by atoms with van der Waals surface area (Å²) >= 11 is 0. The molecule has 1 atom stereocenters. The third-order valence-electron chi connectivity index (χ3n) is 10.5. The van der Waals surface area contributed by atoms with Gasteiger partial charge in [-0.05, 0) is 92.9 Å². The first-order valence-electron chi connectivity index (χ1n) is 21.4. The number of piperidine rings is 1. The van der Waals surface area contributed by atoms with Crippen molar-refractivity contribution in [3.05, 3.63) is 18.0 Å². The molecule has 0 aromatic carbocycles. The highest BCUT2D eigenvalue weighted by molar-refractivity contribution is 5.81. The summed E-state index contributed by atoms with van der Waals surface area (Å²) in [6.45, 7) is 14.7. The van der Waals surface area contributed by atoms with Crippen LogP contribution in [0.25, 0.3) is 0 Å². The number of hydrogen-bond donors (Lipinski definition) is 4. The Morgan fingerprint density at radius 2 is 1.56 bits per heavy atom. The van der Waals surface area contributed by atoms with Gasteiger partial charge in [-0.1, -0.05) is 30.9 Å². The van der Waals surface area contributed by atoms with E-state index in [1.807, 2.05) is 52.6 Å². The maximum atomic E-state index is 13.3. The monoisotopic (exact) mass is 828 g/mol. The number of nitrogens with zero attached hydrogens (tertiary/aromatic N) is 8. The van der Waals surface area contributed by atoms with Gasteiger partial charge < -0.3 is 46.1 Å². The minimum atomic E-state index is -1.02. The van der Waals surface area contributed by atoms with Crippen LogP contribution in [-0.4, -0.2) is 120 Å². The third kappa shape index (κ3) is 16.4. The Morgan fingerprint density at radius 1 is 0.898 bits per heavy atom. The lowest BCUT2D eigenvalue weighted by Gasteiger charge is -2.36. The fourth-order valence-electron chi connectivity index (χ4n) is 7.43. The molecule has 1 saturated carbocycles. The molecule has 2 fully saturated rings. The Morgan fingerprint density at radius 3 is 2.22 bits per heavy atom. The van der Waals surface area contributed by atoms with Gasteiger partial charge in [-0.3, -0.25) is 14.3 Å². The molecule has 1 saturated heterocycles. The number of aliphatic carboxylic acids is 1. The molecule has 3 heterocycles. The molecule has 2 aromatic rings. The molecule has 1 aliphatic carbocycles. The van der Waals surface area contributed by atoms with Crippen molar-refractivity contribution < 1.29 is 33.8 Å². The Kier molecular flexibility index (Phi) is 17.5. The van der Waals surface area contributed by atoms with Gasteiger partial charge in [0.15, 0.2) is 0 Å². The number of carboxylic acids is 1. The van der Waals surface area contributed by atoms with Crippen LogP contribution in [0.2, 0.25) is 0 Å². The van der Waals surface area contributed by atoms with Crippen LogP contribution in [0.4, 0.5) is 27.2 Å². The van der Waals surface area contributed by atoms with Crippen LogP contribution in [0.15, 0.2) is 12.3 Å². The summed E-state index contributed by atoms with van der Waals surface area (Å²) in [5.41, 5.74) is 11.2. The van der Waals surface area contributed by atoms with Gasteiger partial charge >= 0.3 is 18.2 Å². The van der Waals surface area contributed by atoms with Gasteiger partial charge in [0.05, 0.1) is 12.7 Å². The van der Waals surface area contributed by atoms with Gasteiger partial charge in [-0.15, -0.1) is 5.10 Å². The topological polar surface area (TPSA) is 237 Å². The first kappa shape index (κ1) is 46.9. The predicted molar refractivity (Wildman–Crippen MR) is 225 cm³/mol. The molecular weight excluding hydrogens is 759 g/mol. The quantitative estimate of drug-likeness (QED) is 0.119. The Labute approximate surface area is 349 Å². The van der Waals surface area contributed by atoms with Gasteiger partial charge in [0.25, 0.3) is 0 Å². The van der Waals surface area contributed by atoms with Crippen LogP contribution in [0, 0.1) is 5.92 Å². The number of nitrogen functional groups attached to an aromatic ring is 1. The highest BCUT2D eigenvalue weighted by Gasteiger charge is 2.30. The van der Waals surface area contributed by atoms with Crippen molar-refractivity contribution in [1.82, 2.24) is 34.8 Å². The molecule has 0 spiro atoms. The molecule has 6 N–H and O–H groups in total. The van der Waals surface area contributed by atoms with Crippen molar-refractivity contribution in [3.63, 3.8) is 0 Å².